The lowest BCUT2D eigenvalue weighted by molar-refractivity contribution is -0.120. The molecule has 0 unspecified atom stereocenters. The number of anilines is 1. The number of benzene rings is 2. The zero-order valence-corrected chi connectivity index (χ0v) is 18.8. The number of fused-ring (bicyclic) bond motifs is 1. The molecule has 3 rings (SSSR count). The molecular weight excluding hydrogens is 396 g/mol. The number of aromatic hydroxyl groups is 1. The van der Waals surface area contributed by atoms with E-state index in [-0.39, 0.29) is 17.4 Å². The van der Waals surface area contributed by atoms with E-state index in [1.807, 2.05) is 19.9 Å². The van der Waals surface area contributed by atoms with Crippen molar-refractivity contribution in [1.82, 2.24) is 4.58 Å². The number of carbonyl (C=O) groups excluding carboxylic acids is 1. The smallest absolute Gasteiger partial charge is 0.298 e. The van der Waals surface area contributed by atoms with Crippen LogP contribution in [0.25, 0.3) is 6.20 Å². The van der Waals surface area contributed by atoms with Crippen LogP contribution in [-0.2, 0) is 4.79 Å². The van der Waals surface area contributed by atoms with E-state index in [4.69, 9.17) is 17.0 Å². The van der Waals surface area contributed by atoms with Crippen molar-refractivity contribution in [2.75, 3.05) is 11.9 Å². The lowest BCUT2D eigenvalue weighted by atomic mass is 9.98. The summed E-state index contributed by atoms with van der Waals surface area (Å²) in [6.07, 6.45) is 4.53. The molecule has 5 nitrogen and oxygen atoms in total. The summed E-state index contributed by atoms with van der Waals surface area (Å²) >= 11 is 5.59. The molecule has 1 aliphatic heterocycles. The van der Waals surface area contributed by atoms with Crippen LogP contribution in [0, 0.1) is 5.92 Å². The first-order valence-corrected chi connectivity index (χ1v) is 10.8. The number of rotatable bonds is 9. The molecule has 0 spiro atoms. The number of phenols is 1. The Bertz CT molecular complexity index is 1090. The van der Waals surface area contributed by atoms with Gasteiger partial charge < -0.3 is 15.2 Å². The first-order chi connectivity index (χ1) is 14.4. The highest BCUT2D eigenvalue weighted by Crippen LogP contribution is 2.33. The van der Waals surface area contributed by atoms with Gasteiger partial charge in [-0.2, -0.15) is 4.58 Å². The summed E-state index contributed by atoms with van der Waals surface area (Å²) in [4.78, 5) is 11.3. The molecule has 2 N–H and O–H groups in total. The summed E-state index contributed by atoms with van der Waals surface area (Å²) in [6, 6.07) is 9.38. The maximum Gasteiger partial charge on any atom is 0.298 e. The molecule has 1 heterocycles. The summed E-state index contributed by atoms with van der Waals surface area (Å²) in [5, 5.41) is 15.9. The fraction of sp³-hybridized carbons (Fsp3) is 0.375. The Morgan fingerprint density at radius 2 is 1.97 bits per heavy atom. The summed E-state index contributed by atoms with van der Waals surface area (Å²) in [5.74, 6) is 1.11. The van der Waals surface area contributed by atoms with Crippen molar-refractivity contribution in [2.24, 2.45) is 5.92 Å². The quantitative estimate of drug-likeness (QED) is 0.366. The third-order valence-electron chi connectivity index (χ3n) is 5.67. The second-order valence-electron chi connectivity index (χ2n) is 7.97. The first kappa shape index (κ1) is 22.0. The number of ether oxygens (including phenoxy) is 1. The molecule has 0 bridgehead atoms. The Labute approximate surface area is 182 Å². The maximum atomic E-state index is 10.9. The van der Waals surface area contributed by atoms with Crippen LogP contribution in [-0.4, -0.2) is 23.1 Å². The topological polar surface area (TPSA) is 61.6 Å². The Morgan fingerprint density at radius 1 is 1.23 bits per heavy atom. The number of nitrogens with zero attached hydrogens (tertiary/aromatic N) is 1. The molecule has 0 aliphatic carbocycles. The van der Waals surface area contributed by atoms with Crippen LogP contribution in [0.15, 0.2) is 30.3 Å². The van der Waals surface area contributed by atoms with Gasteiger partial charge in [0, 0.05) is 23.7 Å². The predicted molar refractivity (Wildman–Crippen MR) is 125 cm³/mol. The number of nitrogens with one attached hydrogen (secondary N) is 1. The second-order valence-corrected chi connectivity index (χ2v) is 8.38. The van der Waals surface area contributed by atoms with E-state index >= 15 is 0 Å². The summed E-state index contributed by atoms with van der Waals surface area (Å²) in [5.41, 5.74) is 2.18. The minimum Gasteiger partial charge on any atom is -0.508 e. The fourth-order valence-electron chi connectivity index (χ4n) is 3.72. The van der Waals surface area contributed by atoms with Gasteiger partial charge in [0.1, 0.15) is 21.7 Å². The van der Waals surface area contributed by atoms with Crippen molar-refractivity contribution in [1.29, 1.82) is 0 Å². The van der Waals surface area contributed by atoms with Crippen molar-refractivity contribution in [3.63, 3.8) is 0 Å². The average Bonchev–Trinajstić information content (AvgIpc) is 2.69. The van der Waals surface area contributed by atoms with Gasteiger partial charge in [0.25, 0.3) is 6.47 Å². The highest BCUT2D eigenvalue weighted by Gasteiger charge is 2.20. The van der Waals surface area contributed by atoms with E-state index in [2.05, 4.69) is 42.1 Å². The third kappa shape index (κ3) is 4.54. The molecule has 0 fully saturated rings. The third-order valence-corrected chi connectivity index (χ3v) is 5.99. The average molecular weight is 426 g/mol. The van der Waals surface area contributed by atoms with Crippen LogP contribution in [0.1, 0.15) is 57.6 Å². The van der Waals surface area contributed by atoms with Crippen molar-refractivity contribution in [2.45, 2.75) is 46.5 Å². The predicted octanol–water partition coefficient (Wildman–Crippen LogP) is 3.52. The van der Waals surface area contributed by atoms with Crippen LogP contribution in [0.4, 0.5) is 5.69 Å². The number of phenolic OH excluding ortho intramolecular Hbond substituents is 1. The van der Waals surface area contributed by atoms with Crippen LogP contribution in [0.2, 0.25) is 0 Å². The molecule has 2 aromatic rings. The number of hydrogen-bond acceptors (Lipinski definition) is 4. The Hall–Kier alpha value is -2.73. The molecular formula is C24H29N2O3S+. The van der Waals surface area contributed by atoms with Crippen LogP contribution in [0.5, 0.6) is 11.5 Å². The monoisotopic (exact) mass is 425 g/mol. The second kappa shape index (κ2) is 9.39. The van der Waals surface area contributed by atoms with Gasteiger partial charge in [-0.25, -0.2) is 0 Å². The van der Waals surface area contributed by atoms with Crippen LogP contribution < -0.4 is 25.2 Å². The number of hydrogen-bond donors (Lipinski definition) is 2. The largest absolute Gasteiger partial charge is 0.508 e. The van der Waals surface area contributed by atoms with Gasteiger partial charge in [0.05, 0.1) is 5.56 Å². The van der Waals surface area contributed by atoms with Gasteiger partial charge in [-0.3, -0.25) is 4.79 Å². The summed E-state index contributed by atoms with van der Waals surface area (Å²) in [7, 11) is 0. The first-order valence-electron chi connectivity index (χ1n) is 10.4. The van der Waals surface area contributed by atoms with Gasteiger partial charge in [0.2, 0.25) is 5.36 Å². The van der Waals surface area contributed by atoms with Crippen molar-refractivity contribution in [3.8, 4) is 11.5 Å². The zero-order chi connectivity index (χ0) is 21.8. The minimum absolute atomic E-state index is 0.0848. The molecule has 0 aromatic heterocycles. The molecule has 0 amide bonds. The van der Waals surface area contributed by atoms with Gasteiger partial charge >= 0.3 is 0 Å². The lowest BCUT2D eigenvalue weighted by Gasteiger charge is -2.16. The Kier molecular flexibility index (Phi) is 6.87. The van der Waals surface area contributed by atoms with Crippen LogP contribution >= 0.6 is 12.2 Å². The SMILES string of the molecule is CCC(CC)C[N+]1=c2ccc(NC(=S)c3cc(C(C)C)c(O)cc3OC=O)cc2=C1. The number of thiocarbonyl (C=S) groups is 1. The summed E-state index contributed by atoms with van der Waals surface area (Å²) in [6.45, 7) is 9.82. The fourth-order valence-corrected chi connectivity index (χ4v) is 4.00. The molecule has 6 heteroatoms. The van der Waals surface area contributed by atoms with E-state index in [1.54, 1.807) is 6.07 Å². The van der Waals surface area contributed by atoms with E-state index in [0.29, 0.717) is 22.9 Å². The minimum atomic E-state index is 0.0848. The molecule has 158 valence electrons. The Balaban J connectivity index is 1.85. The Morgan fingerprint density at radius 3 is 2.57 bits per heavy atom. The molecule has 0 radical (unpaired) electrons. The van der Waals surface area contributed by atoms with Crippen molar-refractivity contribution >= 4 is 35.6 Å². The molecule has 0 saturated heterocycles. The van der Waals surface area contributed by atoms with Crippen molar-refractivity contribution < 1.29 is 14.6 Å². The molecule has 1 aliphatic rings. The highest BCUT2D eigenvalue weighted by molar-refractivity contribution is 7.81. The summed E-state index contributed by atoms with van der Waals surface area (Å²) < 4.78 is 7.36. The zero-order valence-electron chi connectivity index (χ0n) is 17.9. The van der Waals surface area contributed by atoms with E-state index in [0.717, 1.165) is 17.8 Å². The maximum absolute atomic E-state index is 10.9. The van der Waals surface area contributed by atoms with Gasteiger partial charge in [-0.1, -0.05) is 39.9 Å². The normalized spacial score (nSPS) is 12.3. The van der Waals surface area contributed by atoms with Gasteiger partial charge in [-0.05, 0) is 42.5 Å². The molecule has 2 aromatic carbocycles. The highest BCUT2D eigenvalue weighted by atomic mass is 32.1. The molecule has 0 atom stereocenters. The standard InChI is InChI=1S/C24H28N2O3S/c1-5-16(6-2)12-26-13-17-9-18(7-8-21(17)26)25-24(30)20-10-19(15(3)4)22(28)11-23(20)29-14-27/h7-11,13-16H,5-6,12H2,1-4H3,(H-,25,28,30)/p+1. The van der Waals surface area contributed by atoms with Crippen LogP contribution in [0.3, 0.4) is 0 Å². The van der Waals surface area contributed by atoms with E-state index in [1.165, 1.54) is 29.5 Å². The molecule has 0 saturated carbocycles. The van der Waals surface area contributed by atoms with Crippen molar-refractivity contribution in [3.05, 3.63) is 52.0 Å². The lowest BCUT2D eigenvalue weighted by Crippen LogP contribution is -2.48. The van der Waals surface area contributed by atoms with E-state index in [9.17, 15) is 9.90 Å². The molecule has 30 heavy (non-hydrogen) atoms. The van der Waals surface area contributed by atoms with Gasteiger partial charge in [0.15, 0.2) is 12.7 Å². The van der Waals surface area contributed by atoms with E-state index < -0.39 is 0 Å². The number of carbonyl (C=O) groups is 1. The van der Waals surface area contributed by atoms with Gasteiger partial charge in [-0.15, -0.1) is 0 Å².